The van der Waals surface area contributed by atoms with Crippen molar-refractivity contribution in [1.29, 1.82) is 0 Å². The van der Waals surface area contributed by atoms with Crippen LogP contribution in [-0.4, -0.2) is 5.11 Å². The lowest BCUT2D eigenvalue weighted by molar-refractivity contribution is 0.475. The number of halogens is 2. The van der Waals surface area contributed by atoms with E-state index in [1.807, 2.05) is 0 Å². The van der Waals surface area contributed by atoms with Crippen LogP contribution in [0.4, 0.5) is 8.78 Å². The van der Waals surface area contributed by atoms with Crippen LogP contribution in [0.2, 0.25) is 0 Å². The van der Waals surface area contributed by atoms with Crippen LogP contribution < -0.4 is 0 Å². The van der Waals surface area contributed by atoms with Crippen LogP contribution in [0.15, 0.2) is 30.3 Å². The van der Waals surface area contributed by atoms with Gasteiger partial charge < -0.3 is 5.11 Å². The molecule has 0 heterocycles. The van der Waals surface area contributed by atoms with E-state index in [4.69, 9.17) is 5.11 Å². The standard InChI is InChI=1S/C10H6F2O/c11-7-3-6-1-2-8(13)5-9(6)10(12)4-7/h1-5,13H. The van der Waals surface area contributed by atoms with Gasteiger partial charge in [-0.05, 0) is 23.6 Å². The first-order chi connectivity index (χ1) is 6.16. The van der Waals surface area contributed by atoms with Gasteiger partial charge in [0.05, 0.1) is 0 Å². The van der Waals surface area contributed by atoms with Crippen molar-refractivity contribution in [2.45, 2.75) is 0 Å². The molecule has 66 valence electrons. The number of benzene rings is 2. The van der Waals surface area contributed by atoms with Gasteiger partial charge in [0.2, 0.25) is 0 Å². The molecule has 1 nitrogen and oxygen atoms in total. The number of phenolic OH excluding ortho intramolecular Hbond substituents is 1. The molecule has 1 N–H and O–H groups in total. The van der Waals surface area contributed by atoms with Crippen LogP contribution in [-0.2, 0) is 0 Å². The highest BCUT2D eigenvalue weighted by atomic mass is 19.1. The van der Waals surface area contributed by atoms with Crippen LogP contribution >= 0.6 is 0 Å². The van der Waals surface area contributed by atoms with E-state index in [9.17, 15) is 8.78 Å². The fraction of sp³-hybridized carbons (Fsp3) is 0. The maximum atomic E-state index is 13.1. The second-order valence-electron chi connectivity index (χ2n) is 2.79. The molecule has 0 radical (unpaired) electrons. The van der Waals surface area contributed by atoms with Crippen molar-refractivity contribution < 1.29 is 13.9 Å². The van der Waals surface area contributed by atoms with Crippen molar-refractivity contribution in [3.05, 3.63) is 42.0 Å². The monoisotopic (exact) mass is 180 g/mol. The average Bonchev–Trinajstić information content (AvgIpc) is 2.06. The van der Waals surface area contributed by atoms with Crippen molar-refractivity contribution in [2.75, 3.05) is 0 Å². The molecule has 0 amide bonds. The number of phenols is 1. The van der Waals surface area contributed by atoms with Gasteiger partial charge in [-0.15, -0.1) is 0 Å². The van der Waals surface area contributed by atoms with Crippen LogP contribution in [0, 0.1) is 11.6 Å². The summed E-state index contributed by atoms with van der Waals surface area (Å²) in [5.74, 6) is -1.31. The zero-order chi connectivity index (χ0) is 9.42. The maximum Gasteiger partial charge on any atom is 0.134 e. The number of rotatable bonds is 0. The van der Waals surface area contributed by atoms with Gasteiger partial charge >= 0.3 is 0 Å². The second kappa shape index (κ2) is 2.69. The fourth-order valence-corrected chi connectivity index (χ4v) is 1.27. The van der Waals surface area contributed by atoms with Crippen molar-refractivity contribution in [3.8, 4) is 5.75 Å². The van der Waals surface area contributed by atoms with E-state index in [1.54, 1.807) is 0 Å². The lowest BCUT2D eigenvalue weighted by Crippen LogP contribution is -1.82. The largest absolute Gasteiger partial charge is 0.508 e. The SMILES string of the molecule is Oc1ccc2cc(F)cc(F)c2c1. The normalized spacial score (nSPS) is 10.6. The predicted molar refractivity (Wildman–Crippen MR) is 45.5 cm³/mol. The summed E-state index contributed by atoms with van der Waals surface area (Å²) in [6, 6.07) is 6.14. The quantitative estimate of drug-likeness (QED) is 0.660. The molecule has 0 spiro atoms. The second-order valence-corrected chi connectivity index (χ2v) is 2.79. The van der Waals surface area contributed by atoms with E-state index in [0.717, 1.165) is 6.07 Å². The molecule has 0 saturated heterocycles. The van der Waals surface area contributed by atoms with Gasteiger partial charge in [0.15, 0.2) is 0 Å². The summed E-state index contributed by atoms with van der Waals surface area (Å²) in [5, 5.41) is 9.73. The Morgan fingerprint density at radius 2 is 1.77 bits per heavy atom. The Morgan fingerprint density at radius 1 is 1.00 bits per heavy atom. The summed E-state index contributed by atoms with van der Waals surface area (Å²) in [6.45, 7) is 0. The highest BCUT2D eigenvalue weighted by molar-refractivity contribution is 5.84. The van der Waals surface area contributed by atoms with Crippen molar-refractivity contribution in [1.82, 2.24) is 0 Å². The molecule has 0 aliphatic carbocycles. The molecule has 2 aromatic rings. The first-order valence-corrected chi connectivity index (χ1v) is 3.74. The highest BCUT2D eigenvalue weighted by Crippen LogP contribution is 2.23. The van der Waals surface area contributed by atoms with Gasteiger partial charge in [-0.3, -0.25) is 0 Å². The number of fused-ring (bicyclic) bond motifs is 1. The lowest BCUT2D eigenvalue weighted by atomic mass is 10.1. The van der Waals surface area contributed by atoms with Crippen molar-refractivity contribution >= 4 is 10.8 Å². The highest BCUT2D eigenvalue weighted by Gasteiger charge is 2.03. The zero-order valence-electron chi connectivity index (χ0n) is 6.59. The molecule has 2 aromatic carbocycles. The van der Waals surface area contributed by atoms with E-state index < -0.39 is 11.6 Å². The predicted octanol–water partition coefficient (Wildman–Crippen LogP) is 2.82. The van der Waals surface area contributed by atoms with E-state index >= 15 is 0 Å². The van der Waals surface area contributed by atoms with E-state index in [2.05, 4.69) is 0 Å². The summed E-state index contributed by atoms with van der Waals surface area (Å²) in [5.41, 5.74) is 0. The molecule has 0 saturated carbocycles. The first kappa shape index (κ1) is 7.98. The van der Waals surface area contributed by atoms with Crippen molar-refractivity contribution in [3.63, 3.8) is 0 Å². The van der Waals surface area contributed by atoms with Gasteiger partial charge in [0, 0.05) is 11.5 Å². The molecule has 0 atom stereocenters. The summed E-state index contributed by atoms with van der Waals surface area (Å²) in [6.07, 6.45) is 0. The smallest absolute Gasteiger partial charge is 0.134 e. The first-order valence-electron chi connectivity index (χ1n) is 3.74. The molecule has 0 aromatic heterocycles. The van der Waals surface area contributed by atoms with E-state index in [-0.39, 0.29) is 11.1 Å². The molecule has 0 unspecified atom stereocenters. The molecular weight excluding hydrogens is 174 g/mol. The Hall–Kier alpha value is -1.64. The van der Waals surface area contributed by atoms with E-state index in [1.165, 1.54) is 24.3 Å². The molecule has 2 rings (SSSR count). The van der Waals surface area contributed by atoms with Gasteiger partial charge in [0.25, 0.3) is 0 Å². The summed E-state index contributed by atoms with van der Waals surface area (Å²) >= 11 is 0. The molecule has 0 bridgehead atoms. The summed E-state index contributed by atoms with van der Waals surface area (Å²) in [4.78, 5) is 0. The minimum atomic E-state index is -0.661. The summed E-state index contributed by atoms with van der Waals surface area (Å²) < 4.78 is 25.8. The molecule has 3 heteroatoms. The van der Waals surface area contributed by atoms with Crippen LogP contribution in [0.1, 0.15) is 0 Å². The van der Waals surface area contributed by atoms with Crippen LogP contribution in [0.3, 0.4) is 0 Å². The van der Waals surface area contributed by atoms with E-state index in [0.29, 0.717) is 5.39 Å². The van der Waals surface area contributed by atoms with Crippen LogP contribution in [0.5, 0.6) is 5.75 Å². The van der Waals surface area contributed by atoms with Gasteiger partial charge in [-0.25, -0.2) is 8.78 Å². The molecule has 0 aliphatic rings. The Balaban J connectivity index is 2.87. The molecule has 13 heavy (non-hydrogen) atoms. The molecule has 0 aliphatic heterocycles. The third-order valence-electron chi connectivity index (χ3n) is 1.85. The van der Waals surface area contributed by atoms with Gasteiger partial charge in [0.1, 0.15) is 17.4 Å². The number of hydrogen-bond donors (Lipinski definition) is 1. The average molecular weight is 180 g/mol. The lowest BCUT2D eigenvalue weighted by Gasteiger charge is -2.00. The van der Waals surface area contributed by atoms with Gasteiger partial charge in [-0.1, -0.05) is 6.07 Å². The Morgan fingerprint density at radius 3 is 2.54 bits per heavy atom. The third-order valence-corrected chi connectivity index (χ3v) is 1.85. The Bertz CT molecular complexity index is 466. The molecular formula is C10H6F2O. The third kappa shape index (κ3) is 1.33. The maximum absolute atomic E-state index is 13.1. The Labute approximate surface area is 73.2 Å². The number of hydrogen-bond acceptors (Lipinski definition) is 1. The minimum Gasteiger partial charge on any atom is -0.508 e. The Kier molecular flexibility index (Phi) is 1.65. The van der Waals surface area contributed by atoms with Crippen LogP contribution in [0.25, 0.3) is 10.8 Å². The zero-order valence-corrected chi connectivity index (χ0v) is 6.59. The molecule has 0 fully saturated rings. The topological polar surface area (TPSA) is 20.2 Å². The number of aromatic hydroxyl groups is 1. The fourth-order valence-electron chi connectivity index (χ4n) is 1.27. The van der Waals surface area contributed by atoms with Gasteiger partial charge in [-0.2, -0.15) is 0 Å². The minimum absolute atomic E-state index is 0.0296. The summed E-state index contributed by atoms with van der Waals surface area (Å²) in [7, 11) is 0. The van der Waals surface area contributed by atoms with Crippen molar-refractivity contribution in [2.24, 2.45) is 0 Å².